The van der Waals surface area contributed by atoms with E-state index in [1.54, 1.807) is 0 Å². The standard InChI is InChI=1S/C25H31BrN4OS/c26-21-3-1-20(2-4-21)22-16-32-24(27-22)28-23(31)15-29-5-7-30(8-6-29)25-12-17-9-18(13-25)11-19(10-17)14-25/h1-4,16-19H,5-15H2,(H,27,28,31). The smallest absolute Gasteiger partial charge is 0.240 e. The molecule has 4 saturated carbocycles. The average Bonchev–Trinajstić information content (AvgIpc) is 3.22. The van der Waals surface area contributed by atoms with E-state index in [9.17, 15) is 4.79 Å². The van der Waals surface area contributed by atoms with Gasteiger partial charge in [0.2, 0.25) is 5.91 Å². The van der Waals surface area contributed by atoms with Crippen LogP contribution in [0.5, 0.6) is 0 Å². The van der Waals surface area contributed by atoms with Crippen molar-refractivity contribution in [3.05, 3.63) is 34.1 Å². The predicted molar refractivity (Wildman–Crippen MR) is 133 cm³/mol. The first kappa shape index (κ1) is 21.3. The normalized spacial score (nSPS) is 32.3. The number of benzene rings is 1. The van der Waals surface area contributed by atoms with Gasteiger partial charge in [0.25, 0.3) is 0 Å². The number of carbonyl (C=O) groups is 1. The Bertz CT molecular complexity index is 947. The molecule has 1 N–H and O–H groups in total. The summed E-state index contributed by atoms with van der Waals surface area (Å²) in [5.74, 6) is 3.02. The third-order valence-corrected chi connectivity index (χ3v) is 9.59. The van der Waals surface area contributed by atoms with Crippen molar-refractivity contribution in [3.63, 3.8) is 0 Å². The highest BCUT2D eigenvalue weighted by atomic mass is 79.9. The van der Waals surface area contributed by atoms with Gasteiger partial charge in [-0.15, -0.1) is 11.3 Å². The summed E-state index contributed by atoms with van der Waals surface area (Å²) in [4.78, 5) is 22.4. The first-order chi connectivity index (χ1) is 15.5. The second-order valence-electron chi connectivity index (χ2n) is 10.5. The summed E-state index contributed by atoms with van der Waals surface area (Å²) < 4.78 is 1.05. The van der Waals surface area contributed by atoms with E-state index >= 15 is 0 Å². The molecule has 170 valence electrons. The molecule has 7 heteroatoms. The number of carbonyl (C=O) groups excluding carboxylic acids is 1. The van der Waals surface area contributed by atoms with Gasteiger partial charge in [0, 0.05) is 47.1 Å². The van der Waals surface area contributed by atoms with Gasteiger partial charge >= 0.3 is 0 Å². The lowest BCUT2D eigenvalue weighted by molar-refractivity contribution is -0.120. The van der Waals surface area contributed by atoms with Gasteiger partial charge in [0.05, 0.1) is 12.2 Å². The highest BCUT2D eigenvalue weighted by molar-refractivity contribution is 9.10. The van der Waals surface area contributed by atoms with Gasteiger partial charge in [-0.3, -0.25) is 14.6 Å². The number of hydrogen-bond donors (Lipinski definition) is 1. The fourth-order valence-corrected chi connectivity index (χ4v) is 8.28. The highest BCUT2D eigenvalue weighted by Gasteiger charge is 2.53. The summed E-state index contributed by atoms with van der Waals surface area (Å²) >= 11 is 4.95. The van der Waals surface area contributed by atoms with Crippen LogP contribution in [0.1, 0.15) is 38.5 Å². The van der Waals surface area contributed by atoms with E-state index in [4.69, 9.17) is 0 Å². The number of hydrogen-bond acceptors (Lipinski definition) is 5. The molecule has 1 amide bonds. The Balaban J connectivity index is 1.01. The van der Waals surface area contributed by atoms with E-state index in [0.29, 0.717) is 17.2 Å². The van der Waals surface area contributed by atoms with Gasteiger partial charge in [0.1, 0.15) is 0 Å². The van der Waals surface area contributed by atoms with Crippen LogP contribution in [0.25, 0.3) is 11.3 Å². The van der Waals surface area contributed by atoms with E-state index in [-0.39, 0.29) is 5.91 Å². The fraction of sp³-hybridized carbons (Fsp3) is 0.600. The zero-order valence-corrected chi connectivity index (χ0v) is 20.8. The summed E-state index contributed by atoms with van der Waals surface area (Å²) in [5.41, 5.74) is 2.46. The monoisotopic (exact) mass is 514 g/mol. The molecule has 4 bridgehead atoms. The maximum atomic E-state index is 12.7. The molecule has 0 radical (unpaired) electrons. The predicted octanol–water partition coefficient (Wildman–Crippen LogP) is 5.10. The van der Waals surface area contributed by atoms with Crippen LogP contribution in [0.15, 0.2) is 34.1 Å². The summed E-state index contributed by atoms with van der Waals surface area (Å²) in [6.45, 7) is 4.69. The molecule has 4 aliphatic carbocycles. The van der Waals surface area contributed by atoms with Crippen molar-refractivity contribution in [2.75, 3.05) is 38.0 Å². The van der Waals surface area contributed by atoms with E-state index in [1.165, 1.54) is 49.9 Å². The topological polar surface area (TPSA) is 48.5 Å². The van der Waals surface area contributed by atoms with Gasteiger partial charge in [-0.2, -0.15) is 0 Å². The number of thiazole rings is 1. The van der Waals surface area contributed by atoms with Crippen molar-refractivity contribution in [2.45, 2.75) is 44.1 Å². The average molecular weight is 516 g/mol. The third kappa shape index (κ3) is 4.17. The van der Waals surface area contributed by atoms with Gasteiger partial charge in [-0.1, -0.05) is 28.1 Å². The lowest BCUT2D eigenvalue weighted by Crippen LogP contribution is -2.64. The summed E-state index contributed by atoms with van der Waals surface area (Å²) in [5, 5.41) is 5.70. The molecule has 5 aliphatic rings. The summed E-state index contributed by atoms with van der Waals surface area (Å²) in [7, 11) is 0. The fourth-order valence-electron chi connectivity index (χ4n) is 7.28. The molecule has 1 saturated heterocycles. The maximum absolute atomic E-state index is 12.7. The lowest BCUT2D eigenvalue weighted by atomic mass is 9.52. The summed E-state index contributed by atoms with van der Waals surface area (Å²) in [6, 6.07) is 8.09. The Labute approximate surface area is 202 Å². The highest BCUT2D eigenvalue weighted by Crippen LogP contribution is 2.57. The molecule has 7 rings (SSSR count). The Morgan fingerprint density at radius 3 is 2.28 bits per heavy atom. The molecule has 1 aliphatic heterocycles. The molecule has 2 aromatic rings. The molecule has 1 aromatic heterocycles. The number of aromatic nitrogens is 1. The van der Waals surface area contributed by atoms with Crippen molar-refractivity contribution < 1.29 is 4.79 Å². The van der Waals surface area contributed by atoms with E-state index in [2.05, 4.69) is 36.0 Å². The summed E-state index contributed by atoms with van der Waals surface area (Å²) in [6.07, 6.45) is 8.80. The zero-order valence-electron chi connectivity index (χ0n) is 18.4. The number of rotatable bonds is 5. The van der Waals surface area contributed by atoms with Crippen LogP contribution >= 0.6 is 27.3 Å². The van der Waals surface area contributed by atoms with E-state index < -0.39 is 0 Å². The molecule has 5 fully saturated rings. The molecular weight excluding hydrogens is 484 g/mol. The van der Waals surface area contributed by atoms with E-state index in [0.717, 1.165) is 59.7 Å². The lowest BCUT2D eigenvalue weighted by Gasteiger charge is -2.61. The zero-order chi connectivity index (χ0) is 21.7. The van der Waals surface area contributed by atoms with Crippen LogP contribution in [0.2, 0.25) is 0 Å². The molecular formula is C25H31BrN4OS. The molecule has 5 nitrogen and oxygen atoms in total. The number of amides is 1. The number of halogens is 1. The van der Waals surface area contributed by atoms with Gasteiger partial charge < -0.3 is 5.32 Å². The maximum Gasteiger partial charge on any atom is 0.240 e. The van der Waals surface area contributed by atoms with Crippen molar-refractivity contribution in [2.24, 2.45) is 17.8 Å². The van der Waals surface area contributed by atoms with Crippen LogP contribution < -0.4 is 5.32 Å². The number of nitrogens with one attached hydrogen (secondary N) is 1. The Hall–Kier alpha value is -1.28. The van der Waals surface area contributed by atoms with Gasteiger partial charge in [0.15, 0.2) is 5.13 Å². The van der Waals surface area contributed by atoms with Crippen molar-refractivity contribution in [3.8, 4) is 11.3 Å². The van der Waals surface area contributed by atoms with Crippen LogP contribution in [0.4, 0.5) is 5.13 Å². The molecule has 0 spiro atoms. The number of anilines is 1. The number of nitrogens with zero attached hydrogens (tertiary/aromatic N) is 3. The Morgan fingerprint density at radius 1 is 1.03 bits per heavy atom. The Morgan fingerprint density at radius 2 is 1.66 bits per heavy atom. The molecule has 32 heavy (non-hydrogen) atoms. The molecule has 0 unspecified atom stereocenters. The SMILES string of the molecule is O=C(CN1CCN(C23CC4CC(CC(C4)C2)C3)CC1)Nc1nc(-c2ccc(Br)cc2)cs1. The molecule has 1 aromatic carbocycles. The van der Waals surface area contributed by atoms with Crippen LogP contribution in [0, 0.1) is 17.8 Å². The van der Waals surface area contributed by atoms with Crippen LogP contribution in [-0.4, -0.2) is 59.0 Å². The Kier molecular flexibility index (Phi) is 5.65. The molecule has 2 heterocycles. The third-order valence-electron chi connectivity index (χ3n) is 8.31. The second kappa shape index (κ2) is 8.49. The van der Waals surface area contributed by atoms with Gasteiger partial charge in [-0.05, 0) is 68.4 Å². The van der Waals surface area contributed by atoms with Crippen LogP contribution in [-0.2, 0) is 4.79 Å². The minimum Gasteiger partial charge on any atom is -0.301 e. The van der Waals surface area contributed by atoms with Crippen LogP contribution in [0.3, 0.4) is 0 Å². The van der Waals surface area contributed by atoms with Gasteiger partial charge in [-0.25, -0.2) is 4.98 Å². The van der Waals surface area contributed by atoms with Crippen molar-refractivity contribution >= 4 is 38.3 Å². The quantitative estimate of drug-likeness (QED) is 0.602. The van der Waals surface area contributed by atoms with Crippen molar-refractivity contribution in [1.82, 2.24) is 14.8 Å². The first-order valence-electron chi connectivity index (χ1n) is 12.0. The second-order valence-corrected chi connectivity index (χ2v) is 12.3. The van der Waals surface area contributed by atoms with E-state index in [1.807, 2.05) is 29.6 Å². The van der Waals surface area contributed by atoms with Crippen molar-refractivity contribution in [1.29, 1.82) is 0 Å². The number of piperazine rings is 1. The molecule has 0 atom stereocenters. The minimum absolute atomic E-state index is 0.0463. The first-order valence-corrected chi connectivity index (χ1v) is 13.7. The largest absolute Gasteiger partial charge is 0.301 e. The minimum atomic E-state index is 0.0463.